The highest BCUT2D eigenvalue weighted by atomic mass is 16.1. The molecule has 0 spiro atoms. The lowest BCUT2D eigenvalue weighted by molar-refractivity contribution is 0.804. The van der Waals surface area contributed by atoms with Crippen LogP contribution < -0.4 is 10.5 Å². The lowest BCUT2D eigenvalue weighted by atomic mass is 10.1. The molecule has 138 valence electrons. The zero-order valence-electron chi connectivity index (χ0n) is 15.6. The average Bonchev–Trinajstić information content (AvgIpc) is 3.29. The number of hydrogen-bond acceptors (Lipinski definition) is 6. The van der Waals surface area contributed by atoms with Crippen molar-refractivity contribution in [1.82, 2.24) is 34.3 Å². The summed E-state index contributed by atoms with van der Waals surface area (Å²) in [6.07, 6.45) is 7.65. The van der Waals surface area contributed by atoms with E-state index >= 15 is 0 Å². The first-order chi connectivity index (χ1) is 13.0. The summed E-state index contributed by atoms with van der Waals surface area (Å²) in [6.45, 7) is 3.81. The molecule has 27 heavy (non-hydrogen) atoms. The quantitative estimate of drug-likeness (QED) is 0.591. The molecule has 0 saturated carbocycles. The van der Waals surface area contributed by atoms with Crippen molar-refractivity contribution in [3.05, 3.63) is 52.5 Å². The van der Waals surface area contributed by atoms with Crippen molar-refractivity contribution in [2.75, 3.05) is 19.0 Å². The maximum atomic E-state index is 12.6. The maximum Gasteiger partial charge on any atom is 0.276 e. The predicted octanol–water partition coefficient (Wildman–Crippen LogP) is 1.60. The molecule has 0 aromatic carbocycles. The van der Waals surface area contributed by atoms with Crippen molar-refractivity contribution < 1.29 is 0 Å². The van der Waals surface area contributed by atoms with Crippen LogP contribution >= 0.6 is 0 Å². The van der Waals surface area contributed by atoms with Crippen LogP contribution in [0, 0.1) is 6.92 Å². The van der Waals surface area contributed by atoms with E-state index in [9.17, 15) is 4.79 Å². The molecule has 4 aromatic heterocycles. The Labute approximate surface area is 155 Å². The Morgan fingerprint density at radius 1 is 1.26 bits per heavy atom. The van der Waals surface area contributed by atoms with Crippen LogP contribution in [-0.4, -0.2) is 48.4 Å². The van der Waals surface area contributed by atoms with Gasteiger partial charge in [-0.2, -0.15) is 10.1 Å². The Morgan fingerprint density at radius 2 is 2.07 bits per heavy atom. The molecule has 0 aliphatic rings. The first-order valence-corrected chi connectivity index (χ1v) is 8.65. The number of H-pyrrole nitrogens is 1. The molecule has 4 aromatic rings. The molecule has 4 heterocycles. The predicted molar refractivity (Wildman–Crippen MR) is 102 cm³/mol. The zero-order valence-corrected chi connectivity index (χ0v) is 15.6. The van der Waals surface area contributed by atoms with E-state index in [1.165, 1.54) is 4.52 Å². The standard InChI is InChI=1S/C18H20N8O/c1-5-13-11(2)22-16-14(9-21-26(16)17(13)27)12-8-20-25(10-12)18-19-7-6-15(23-18)24(3)4/h6-10,21H,5H2,1-4H3. The van der Waals surface area contributed by atoms with Crippen LogP contribution in [0.3, 0.4) is 0 Å². The van der Waals surface area contributed by atoms with Crippen molar-refractivity contribution in [1.29, 1.82) is 0 Å². The number of fused-ring (bicyclic) bond motifs is 1. The van der Waals surface area contributed by atoms with Gasteiger partial charge in [-0.3, -0.25) is 9.89 Å². The second kappa shape index (κ2) is 6.35. The zero-order chi connectivity index (χ0) is 19.1. The number of aryl methyl sites for hydroxylation is 1. The van der Waals surface area contributed by atoms with Crippen LogP contribution in [0.2, 0.25) is 0 Å². The fraction of sp³-hybridized carbons (Fsp3) is 0.278. The minimum atomic E-state index is -0.0688. The Kier molecular flexibility index (Phi) is 3.98. The Hall–Kier alpha value is -3.49. The van der Waals surface area contributed by atoms with E-state index in [0.717, 1.165) is 22.6 Å². The van der Waals surface area contributed by atoms with Gasteiger partial charge in [0.15, 0.2) is 5.65 Å². The normalized spacial score (nSPS) is 11.3. The highest BCUT2D eigenvalue weighted by Gasteiger charge is 2.15. The first kappa shape index (κ1) is 17.0. The van der Waals surface area contributed by atoms with E-state index < -0.39 is 0 Å². The molecule has 0 radical (unpaired) electrons. The molecule has 9 heteroatoms. The molecule has 9 nitrogen and oxygen atoms in total. The largest absolute Gasteiger partial charge is 0.363 e. The highest BCUT2D eigenvalue weighted by Crippen LogP contribution is 2.23. The first-order valence-electron chi connectivity index (χ1n) is 8.65. The van der Waals surface area contributed by atoms with Gasteiger partial charge in [-0.1, -0.05) is 6.92 Å². The molecule has 0 fully saturated rings. The van der Waals surface area contributed by atoms with E-state index in [-0.39, 0.29) is 5.56 Å². The van der Waals surface area contributed by atoms with E-state index in [2.05, 4.69) is 25.1 Å². The second-order valence-corrected chi connectivity index (χ2v) is 6.46. The lowest BCUT2D eigenvalue weighted by Crippen LogP contribution is -2.21. The molecule has 4 rings (SSSR count). The van der Waals surface area contributed by atoms with Gasteiger partial charge in [0.1, 0.15) is 5.82 Å². The summed E-state index contributed by atoms with van der Waals surface area (Å²) >= 11 is 0. The van der Waals surface area contributed by atoms with Gasteiger partial charge < -0.3 is 4.90 Å². The third-order valence-electron chi connectivity index (χ3n) is 4.50. The summed E-state index contributed by atoms with van der Waals surface area (Å²) in [4.78, 5) is 27.9. The minimum Gasteiger partial charge on any atom is -0.363 e. The van der Waals surface area contributed by atoms with Crippen molar-refractivity contribution >= 4 is 11.5 Å². The Morgan fingerprint density at radius 3 is 2.81 bits per heavy atom. The third-order valence-corrected chi connectivity index (χ3v) is 4.50. The Balaban J connectivity index is 1.80. The highest BCUT2D eigenvalue weighted by molar-refractivity contribution is 5.76. The monoisotopic (exact) mass is 364 g/mol. The van der Waals surface area contributed by atoms with Crippen LogP contribution in [-0.2, 0) is 6.42 Å². The SMILES string of the molecule is CCc1c(C)nc2c(-c3cnn(-c4nccc(N(C)C)n4)c3)c[nH]n2c1=O. The van der Waals surface area contributed by atoms with Crippen molar-refractivity contribution in [3.8, 4) is 17.1 Å². The summed E-state index contributed by atoms with van der Waals surface area (Å²) in [6, 6.07) is 1.83. The third kappa shape index (κ3) is 2.77. The van der Waals surface area contributed by atoms with Crippen LogP contribution in [0.1, 0.15) is 18.2 Å². The fourth-order valence-electron chi connectivity index (χ4n) is 3.05. The van der Waals surface area contributed by atoms with Crippen molar-refractivity contribution in [3.63, 3.8) is 0 Å². The molecule has 0 unspecified atom stereocenters. The number of anilines is 1. The summed E-state index contributed by atoms with van der Waals surface area (Å²) < 4.78 is 3.08. The number of aromatic amines is 1. The maximum absolute atomic E-state index is 12.6. The minimum absolute atomic E-state index is 0.0688. The molecule has 0 saturated heterocycles. The summed E-state index contributed by atoms with van der Waals surface area (Å²) in [5, 5.41) is 7.37. The van der Waals surface area contributed by atoms with Crippen LogP contribution in [0.5, 0.6) is 0 Å². The van der Waals surface area contributed by atoms with E-state index in [0.29, 0.717) is 23.6 Å². The van der Waals surface area contributed by atoms with Gasteiger partial charge >= 0.3 is 0 Å². The molecule has 1 N–H and O–H groups in total. The number of nitrogens with one attached hydrogen (secondary N) is 1. The van der Waals surface area contributed by atoms with Crippen molar-refractivity contribution in [2.24, 2.45) is 0 Å². The van der Waals surface area contributed by atoms with Gasteiger partial charge in [0.2, 0.25) is 0 Å². The smallest absolute Gasteiger partial charge is 0.276 e. The molecule has 0 aliphatic carbocycles. The van der Waals surface area contributed by atoms with Crippen LogP contribution in [0.25, 0.3) is 22.7 Å². The molecule has 0 bridgehead atoms. The van der Waals surface area contributed by atoms with Crippen molar-refractivity contribution in [2.45, 2.75) is 20.3 Å². The average molecular weight is 364 g/mol. The number of rotatable bonds is 4. The van der Waals surface area contributed by atoms with Gasteiger partial charge in [0.25, 0.3) is 11.5 Å². The molecule has 0 amide bonds. The molecular weight excluding hydrogens is 344 g/mol. The summed E-state index contributed by atoms with van der Waals surface area (Å²) in [7, 11) is 3.84. The van der Waals surface area contributed by atoms with Gasteiger partial charge in [0.05, 0.1) is 6.20 Å². The van der Waals surface area contributed by atoms with Gasteiger partial charge in [-0.05, 0) is 19.4 Å². The Bertz CT molecular complexity index is 1180. The van der Waals surface area contributed by atoms with Gasteiger partial charge in [-0.15, -0.1) is 0 Å². The van der Waals surface area contributed by atoms with Crippen LogP contribution in [0.4, 0.5) is 5.82 Å². The van der Waals surface area contributed by atoms with Crippen LogP contribution in [0.15, 0.2) is 35.6 Å². The number of nitrogens with zero attached hydrogens (tertiary/aromatic N) is 7. The number of aromatic nitrogens is 7. The van der Waals surface area contributed by atoms with E-state index in [1.807, 2.05) is 45.1 Å². The van der Waals surface area contributed by atoms with Gasteiger partial charge in [-0.25, -0.2) is 19.2 Å². The summed E-state index contributed by atoms with van der Waals surface area (Å²) in [5.74, 6) is 1.27. The van der Waals surface area contributed by atoms with E-state index in [1.54, 1.807) is 23.3 Å². The fourth-order valence-corrected chi connectivity index (χ4v) is 3.05. The second-order valence-electron chi connectivity index (χ2n) is 6.46. The number of hydrogen-bond donors (Lipinski definition) is 1. The van der Waals surface area contributed by atoms with E-state index in [4.69, 9.17) is 0 Å². The molecule has 0 atom stereocenters. The molecular formula is C18H20N8O. The molecule has 0 aliphatic heterocycles. The summed E-state index contributed by atoms with van der Waals surface area (Å²) in [5.41, 5.74) is 3.59. The topological polar surface area (TPSA) is 97.0 Å². The lowest BCUT2D eigenvalue weighted by Gasteiger charge is -2.11. The van der Waals surface area contributed by atoms with Gasteiger partial charge in [0, 0.05) is 55.1 Å².